The lowest BCUT2D eigenvalue weighted by Gasteiger charge is -2.28. The maximum Gasteiger partial charge on any atom is 0.135 e. The number of anilines is 1. The summed E-state index contributed by atoms with van der Waals surface area (Å²) < 4.78 is 0. The third-order valence-electron chi connectivity index (χ3n) is 9.27. The van der Waals surface area contributed by atoms with Crippen LogP contribution in [0.2, 0.25) is 0 Å². The van der Waals surface area contributed by atoms with Crippen molar-refractivity contribution in [3.8, 4) is 0 Å². The third kappa shape index (κ3) is 4.96. The van der Waals surface area contributed by atoms with Gasteiger partial charge in [-0.05, 0) is 86.9 Å². The molecule has 2 heterocycles. The minimum absolute atomic E-state index is 0.0228. The first-order valence-corrected chi connectivity index (χ1v) is 15.4. The van der Waals surface area contributed by atoms with Gasteiger partial charge in [0.15, 0.2) is 0 Å². The molecule has 0 saturated carbocycles. The summed E-state index contributed by atoms with van der Waals surface area (Å²) in [6, 6.07) is 18.3. The summed E-state index contributed by atoms with van der Waals surface area (Å²) >= 11 is 7.15. The zero-order valence-electron chi connectivity index (χ0n) is 24.8. The van der Waals surface area contributed by atoms with Crippen LogP contribution in [0.4, 0.5) is 11.4 Å². The Kier molecular flexibility index (Phi) is 8.00. The molecule has 3 heteroatoms. The minimum atomic E-state index is -0.0228. The first-order valence-electron chi connectivity index (χ1n) is 15.0. The standard InChI is InChI=1S/C36H45ClN2/c1-7-24-38-30-18-11-9-16-28(30)35(3,4)32(38)22-20-26-14-13-15-27(34(26)37)21-23-33-36(5,6)29-17-10-12-19-31(29)39(33)25-8-2/h9-12,16-23,32H,7-8,13-15,24-25H2,1-6H3/p+1/b22-20+,27-21+,33-23+. The van der Waals surface area contributed by atoms with Crippen molar-refractivity contribution in [3.05, 3.63) is 106 Å². The molecule has 0 aromatic heterocycles. The molecule has 0 fully saturated rings. The summed E-state index contributed by atoms with van der Waals surface area (Å²) in [6.07, 6.45) is 15.0. The highest BCUT2D eigenvalue weighted by Crippen LogP contribution is 2.48. The fourth-order valence-corrected chi connectivity index (χ4v) is 7.53. The molecule has 2 aliphatic heterocycles. The summed E-state index contributed by atoms with van der Waals surface area (Å²) in [5.41, 5.74) is 9.70. The summed E-state index contributed by atoms with van der Waals surface area (Å²) in [6.45, 7) is 16.2. The van der Waals surface area contributed by atoms with Crippen molar-refractivity contribution >= 4 is 23.0 Å². The topological polar surface area (TPSA) is 7.68 Å². The molecule has 39 heavy (non-hydrogen) atoms. The number of allylic oxidation sites excluding steroid dienone is 7. The van der Waals surface area contributed by atoms with Crippen molar-refractivity contribution in [2.75, 3.05) is 18.0 Å². The van der Waals surface area contributed by atoms with E-state index in [9.17, 15) is 0 Å². The Labute approximate surface area is 241 Å². The van der Waals surface area contributed by atoms with E-state index < -0.39 is 0 Å². The lowest BCUT2D eigenvalue weighted by molar-refractivity contribution is -0.850. The Morgan fingerprint density at radius 3 is 2.38 bits per heavy atom. The van der Waals surface area contributed by atoms with Gasteiger partial charge in [-0.15, -0.1) is 0 Å². The zero-order valence-corrected chi connectivity index (χ0v) is 25.5. The molecule has 0 amide bonds. The number of hydrogen-bond donors (Lipinski definition) is 1. The predicted octanol–water partition coefficient (Wildman–Crippen LogP) is 8.52. The fourth-order valence-electron chi connectivity index (χ4n) is 7.22. The van der Waals surface area contributed by atoms with Crippen LogP contribution in [0.1, 0.15) is 84.8 Å². The second-order valence-electron chi connectivity index (χ2n) is 12.6. The van der Waals surface area contributed by atoms with E-state index in [1.165, 1.54) is 45.8 Å². The number of para-hydroxylation sites is 2. The lowest BCUT2D eigenvalue weighted by atomic mass is 9.80. The maximum absolute atomic E-state index is 7.15. The van der Waals surface area contributed by atoms with E-state index in [1.807, 2.05) is 0 Å². The second-order valence-corrected chi connectivity index (χ2v) is 13.0. The number of halogens is 1. The monoisotopic (exact) mass is 541 g/mol. The Morgan fingerprint density at radius 2 is 1.64 bits per heavy atom. The van der Waals surface area contributed by atoms with E-state index >= 15 is 0 Å². The Bertz CT molecular complexity index is 1340. The molecule has 2 unspecified atom stereocenters. The molecular weight excluding hydrogens is 496 g/mol. The van der Waals surface area contributed by atoms with Crippen molar-refractivity contribution in [3.63, 3.8) is 0 Å². The van der Waals surface area contributed by atoms with Crippen molar-refractivity contribution in [2.45, 2.75) is 90.5 Å². The minimum Gasteiger partial charge on any atom is -0.344 e. The Balaban J connectivity index is 1.46. The van der Waals surface area contributed by atoms with Gasteiger partial charge in [-0.3, -0.25) is 4.90 Å². The van der Waals surface area contributed by atoms with Crippen LogP contribution in [0.3, 0.4) is 0 Å². The average molecular weight is 542 g/mol. The van der Waals surface area contributed by atoms with Crippen molar-refractivity contribution < 1.29 is 4.90 Å². The zero-order chi connectivity index (χ0) is 27.8. The summed E-state index contributed by atoms with van der Waals surface area (Å²) in [5, 5.41) is 0.954. The van der Waals surface area contributed by atoms with Crippen molar-refractivity contribution in [1.29, 1.82) is 0 Å². The van der Waals surface area contributed by atoms with Crippen LogP contribution < -0.4 is 9.80 Å². The van der Waals surface area contributed by atoms with Gasteiger partial charge in [-0.2, -0.15) is 0 Å². The summed E-state index contributed by atoms with van der Waals surface area (Å²) in [4.78, 5) is 4.10. The van der Waals surface area contributed by atoms with Crippen LogP contribution in [0.25, 0.3) is 0 Å². The fraction of sp³-hybridized carbons (Fsp3) is 0.444. The largest absolute Gasteiger partial charge is 0.344 e. The molecule has 5 rings (SSSR count). The predicted molar refractivity (Wildman–Crippen MR) is 168 cm³/mol. The summed E-state index contributed by atoms with van der Waals surface area (Å²) in [7, 11) is 0. The maximum atomic E-state index is 7.15. The van der Waals surface area contributed by atoms with Gasteiger partial charge in [0.1, 0.15) is 11.7 Å². The van der Waals surface area contributed by atoms with E-state index in [2.05, 4.69) is 119 Å². The molecule has 2 atom stereocenters. The van der Waals surface area contributed by atoms with Crippen LogP contribution in [0.15, 0.2) is 94.7 Å². The molecular formula is C36H46ClN2+. The molecule has 206 valence electrons. The first-order chi connectivity index (χ1) is 18.7. The van der Waals surface area contributed by atoms with Gasteiger partial charge in [-0.25, -0.2) is 0 Å². The van der Waals surface area contributed by atoms with Crippen LogP contribution >= 0.6 is 11.6 Å². The highest BCUT2D eigenvalue weighted by molar-refractivity contribution is 6.32. The van der Waals surface area contributed by atoms with E-state index in [0.717, 1.165) is 43.8 Å². The van der Waals surface area contributed by atoms with Crippen LogP contribution in [-0.2, 0) is 10.8 Å². The number of quaternary nitrogens is 1. The number of nitrogens with zero attached hydrogens (tertiary/aromatic N) is 1. The van der Waals surface area contributed by atoms with Gasteiger partial charge in [0.2, 0.25) is 0 Å². The van der Waals surface area contributed by atoms with Crippen LogP contribution in [0, 0.1) is 0 Å². The Morgan fingerprint density at radius 1 is 0.923 bits per heavy atom. The van der Waals surface area contributed by atoms with Gasteiger partial charge < -0.3 is 4.90 Å². The highest BCUT2D eigenvalue weighted by Gasteiger charge is 2.47. The van der Waals surface area contributed by atoms with Crippen LogP contribution in [-0.4, -0.2) is 19.1 Å². The lowest BCUT2D eigenvalue weighted by Crippen LogP contribution is -3.10. The molecule has 0 saturated heterocycles. The van der Waals surface area contributed by atoms with Gasteiger partial charge >= 0.3 is 0 Å². The van der Waals surface area contributed by atoms with Gasteiger partial charge in [0, 0.05) is 33.9 Å². The van der Waals surface area contributed by atoms with E-state index in [-0.39, 0.29) is 10.8 Å². The molecule has 2 aromatic rings. The molecule has 3 aliphatic rings. The molecule has 0 spiro atoms. The highest BCUT2D eigenvalue weighted by atomic mass is 35.5. The number of hydrogen-bond acceptors (Lipinski definition) is 1. The molecule has 2 aromatic carbocycles. The average Bonchev–Trinajstić information content (AvgIpc) is 3.27. The first kappa shape index (κ1) is 28.0. The molecule has 1 N–H and O–H groups in total. The molecule has 0 bridgehead atoms. The number of benzene rings is 2. The van der Waals surface area contributed by atoms with Gasteiger partial charge in [0.05, 0.1) is 12.0 Å². The number of rotatable bonds is 7. The van der Waals surface area contributed by atoms with Crippen molar-refractivity contribution in [1.82, 2.24) is 0 Å². The summed E-state index contributed by atoms with van der Waals surface area (Å²) in [5.74, 6) is 0. The third-order valence-corrected chi connectivity index (χ3v) is 9.76. The van der Waals surface area contributed by atoms with E-state index in [0.29, 0.717) is 6.04 Å². The van der Waals surface area contributed by atoms with E-state index in [4.69, 9.17) is 11.6 Å². The van der Waals surface area contributed by atoms with Gasteiger partial charge in [-0.1, -0.05) is 87.8 Å². The SMILES string of the molecule is CCCN1/C(=C/C=C2\CCCC(/C=C/C3[NH+](CCC)c4ccccc4C3(C)C)=C2Cl)C(C)(C)c2ccccc21. The van der Waals surface area contributed by atoms with Crippen molar-refractivity contribution in [2.24, 2.45) is 0 Å². The normalized spacial score (nSPS) is 25.7. The molecule has 2 nitrogen and oxygen atoms in total. The smallest absolute Gasteiger partial charge is 0.135 e. The Hall–Kier alpha value is -2.55. The molecule has 1 aliphatic carbocycles. The number of fused-ring (bicyclic) bond motifs is 2. The molecule has 0 radical (unpaired) electrons. The number of nitrogens with one attached hydrogen (secondary N) is 1. The second kappa shape index (κ2) is 11.1. The van der Waals surface area contributed by atoms with Crippen LogP contribution in [0.5, 0.6) is 0 Å². The van der Waals surface area contributed by atoms with Gasteiger partial charge in [0.25, 0.3) is 0 Å². The quantitative estimate of drug-likeness (QED) is 0.369. The van der Waals surface area contributed by atoms with E-state index in [1.54, 1.807) is 4.90 Å².